The van der Waals surface area contributed by atoms with E-state index in [-0.39, 0.29) is 0 Å². The van der Waals surface area contributed by atoms with E-state index in [1.807, 2.05) is 6.08 Å². The van der Waals surface area contributed by atoms with E-state index in [0.29, 0.717) is 0 Å². The number of rotatable bonds is 5. The van der Waals surface area contributed by atoms with Crippen LogP contribution in [0.5, 0.6) is 0 Å². The molecular formula is C10H15Br. The first-order valence-corrected chi connectivity index (χ1v) is 4.75. The molecule has 0 saturated heterocycles. The minimum atomic E-state index is 1.03. The Hall–Kier alpha value is -0.300. The fourth-order valence-electron chi connectivity index (χ4n) is 0.646. The second-order valence-electron chi connectivity index (χ2n) is 2.33. The Bertz CT molecular complexity index is 154. The Morgan fingerprint density at radius 2 is 2.27 bits per heavy atom. The molecule has 0 amide bonds. The van der Waals surface area contributed by atoms with E-state index in [0.717, 1.165) is 4.48 Å². The third-order valence-corrected chi connectivity index (χ3v) is 1.90. The van der Waals surface area contributed by atoms with Crippen LogP contribution >= 0.6 is 15.9 Å². The van der Waals surface area contributed by atoms with E-state index < -0.39 is 0 Å². The van der Waals surface area contributed by atoms with Crippen LogP contribution in [0, 0.1) is 0 Å². The summed E-state index contributed by atoms with van der Waals surface area (Å²) in [4.78, 5) is 0. The standard InChI is InChI=1S/C10H15Br/c1-3-5-6-7-8-9-10(11)4-2/h4,7-9H,2-3,5-6H2,1H3/b8-7+,10-9+. The summed E-state index contributed by atoms with van der Waals surface area (Å²) in [5.74, 6) is 0. The van der Waals surface area contributed by atoms with Crippen LogP contribution in [-0.4, -0.2) is 0 Å². The molecule has 0 fully saturated rings. The lowest BCUT2D eigenvalue weighted by molar-refractivity contribution is 0.815. The van der Waals surface area contributed by atoms with Crippen LogP contribution in [0.25, 0.3) is 0 Å². The summed E-state index contributed by atoms with van der Waals surface area (Å²) in [6.45, 7) is 5.82. The minimum Gasteiger partial charge on any atom is -0.0979 e. The van der Waals surface area contributed by atoms with Crippen molar-refractivity contribution in [3.8, 4) is 0 Å². The highest BCUT2D eigenvalue weighted by Crippen LogP contribution is 2.05. The van der Waals surface area contributed by atoms with E-state index >= 15 is 0 Å². The molecule has 0 radical (unpaired) electrons. The number of allylic oxidation sites excluding steroid dienone is 5. The zero-order valence-electron chi connectivity index (χ0n) is 7.02. The summed E-state index contributed by atoms with van der Waals surface area (Å²) in [7, 11) is 0. The van der Waals surface area contributed by atoms with Gasteiger partial charge in [-0.05, 0) is 12.5 Å². The van der Waals surface area contributed by atoms with E-state index in [2.05, 4.69) is 41.6 Å². The molecule has 0 bridgehead atoms. The van der Waals surface area contributed by atoms with Crippen LogP contribution in [0.1, 0.15) is 26.2 Å². The molecule has 0 N–H and O–H groups in total. The zero-order valence-corrected chi connectivity index (χ0v) is 8.60. The van der Waals surface area contributed by atoms with Gasteiger partial charge in [0.1, 0.15) is 0 Å². The lowest BCUT2D eigenvalue weighted by atomic mass is 10.2. The fourth-order valence-corrected chi connectivity index (χ4v) is 0.799. The molecule has 11 heavy (non-hydrogen) atoms. The summed E-state index contributed by atoms with van der Waals surface area (Å²) in [5, 5.41) is 0. The van der Waals surface area contributed by atoms with Crippen molar-refractivity contribution < 1.29 is 0 Å². The van der Waals surface area contributed by atoms with Crippen molar-refractivity contribution in [3.63, 3.8) is 0 Å². The molecule has 0 aromatic heterocycles. The zero-order chi connectivity index (χ0) is 8.53. The van der Waals surface area contributed by atoms with Gasteiger partial charge >= 0.3 is 0 Å². The maximum atomic E-state index is 3.63. The Labute approximate surface area is 77.8 Å². The van der Waals surface area contributed by atoms with Gasteiger partial charge in [0.05, 0.1) is 0 Å². The lowest BCUT2D eigenvalue weighted by Crippen LogP contribution is -1.65. The predicted molar refractivity (Wildman–Crippen MR) is 55.9 cm³/mol. The Morgan fingerprint density at radius 3 is 2.82 bits per heavy atom. The molecular weight excluding hydrogens is 200 g/mol. The first-order chi connectivity index (χ1) is 5.31. The van der Waals surface area contributed by atoms with Crippen LogP contribution in [0.4, 0.5) is 0 Å². The lowest BCUT2D eigenvalue weighted by Gasteiger charge is -1.86. The van der Waals surface area contributed by atoms with Crippen molar-refractivity contribution in [2.24, 2.45) is 0 Å². The molecule has 0 aliphatic carbocycles. The van der Waals surface area contributed by atoms with Gasteiger partial charge < -0.3 is 0 Å². The largest absolute Gasteiger partial charge is 0.0979 e. The normalized spacial score (nSPS) is 12.4. The van der Waals surface area contributed by atoms with E-state index in [9.17, 15) is 0 Å². The quantitative estimate of drug-likeness (QED) is 0.476. The summed E-state index contributed by atoms with van der Waals surface area (Å²) in [6, 6.07) is 0. The molecule has 1 heteroatoms. The van der Waals surface area contributed by atoms with Crippen molar-refractivity contribution in [1.29, 1.82) is 0 Å². The highest BCUT2D eigenvalue weighted by atomic mass is 79.9. The molecule has 0 nitrogen and oxygen atoms in total. The van der Waals surface area contributed by atoms with Crippen molar-refractivity contribution in [1.82, 2.24) is 0 Å². The Morgan fingerprint density at radius 1 is 1.55 bits per heavy atom. The van der Waals surface area contributed by atoms with Gasteiger partial charge in [-0.3, -0.25) is 0 Å². The van der Waals surface area contributed by atoms with Gasteiger partial charge in [0.25, 0.3) is 0 Å². The van der Waals surface area contributed by atoms with Crippen LogP contribution in [0.3, 0.4) is 0 Å². The predicted octanol–water partition coefficient (Wildman–Crippen LogP) is 4.20. The highest BCUT2D eigenvalue weighted by molar-refractivity contribution is 9.11. The van der Waals surface area contributed by atoms with Gasteiger partial charge in [-0.25, -0.2) is 0 Å². The van der Waals surface area contributed by atoms with Crippen molar-refractivity contribution in [2.75, 3.05) is 0 Å². The van der Waals surface area contributed by atoms with Crippen LogP contribution in [0.2, 0.25) is 0 Å². The molecule has 0 saturated carbocycles. The van der Waals surface area contributed by atoms with E-state index in [1.54, 1.807) is 6.08 Å². The van der Waals surface area contributed by atoms with Crippen LogP contribution < -0.4 is 0 Å². The molecule has 0 unspecified atom stereocenters. The van der Waals surface area contributed by atoms with Crippen molar-refractivity contribution in [2.45, 2.75) is 26.2 Å². The minimum absolute atomic E-state index is 1.03. The molecule has 62 valence electrons. The van der Waals surface area contributed by atoms with E-state index in [1.165, 1.54) is 19.3 Å². The van der Waals surface area contributed by atoms with Gasteiger partial charge in [0, 0.05) is 4.48 Å². The average molecular weight is 215 g/mol. The molecule has 0 aromatic carbocycles. The number of halogens is 1. The van der Waals surface area contributed by atoms with Crippen molar-refractivity contribution >= 4 is 15.9 Å². The van der Waals surface area contributed by atoms with Gasteiger partial charge in [-0.2, -0.15) is 0 Å². The maximum absolute atomic E-state index is 3.63. The van der Waals surface area contributed by atoms with Gasteiger partial charge in [0.15, 0.2) is 0 Å². The SMILES string of the molecule is C=C/C(Br)=C\C=C\CCCC. The first kappa shape index (κ1) is 10.7. The van der Waals surface area contributed by atoms with Gasteiger partial charge in [-0.1, -0.05) is 60.5 Å². The number of hydrogen-bond donors (Lipinski definition) is 0. The molecule has 0 heterocycles. The fraction of sp³-hybridized carbons (Fsp3) is 0.400. The first-order valence-electron chi connectivity index (χ1n) is 3.96. The smallest absolute Gasteiger partial charge is 0.0169 e. The number of unbranched alkanes of at least 4 members (excludes halogenated alkanes) is 2. The summed E-state index contributed by atoms with van der Waals surface area (Å²) in [6.07, 6.45) is 11.7. The molecule has 0 aliphatic rings. The second kappa shape index (κ2) is 7.80. The summed E-state index contributed by atoms with van der Waals surface area (Å²) < 4.78 is 1.03. The molecule has 0 aromatic rings. The second-order valence-corrected chi connectivity index (χ2v) is 3.24. The monoisotopic (exact) mass is 214 g/mol. The van der Waals surface area contributed by atoms with Crippen LogP contribution in [0.15, 0.2) is 35.4 Å². The topological polar surface area (TPSA) is 0 Å². The van der Waals surface area contributed by atoms with E-state index in [4.69, 9.17) is 0 Å². The third-order valence-electron chi connectivity index (χ3n) is 1.31. The van der Waals surface area contributed by atoms with Crippen LogP contribution in [-0.2, 0) is 0 Å². The number of hydrogen-bond acceptors (Lipinski definition) is 0. The molecule has 0 spiro atoms. The Kier molecular flexibility index (Phi) is 7.59. The molecule has 0 atom stereocenters. The average Bonchev–Trinajstić information content (AvgIpc) is 2.04. The van der Waals surface area contributed by atoms with Crippen molar-refractivity contribution in [3.05, 3.63) is 35.4 Å². The Balaban J connectivity index is 3.50. The maximum Gasteiger partial charge on any atom is 0.0169 e. The van der Waals surface area contributed by atoms with Gasteiger partial charge in [-0.15, -0.1) is 0 Å². The third kappa shape index (κ3) is 7.60. The summed E-state index contributed by atoms with van der Waals surface area (Å²) in [5.41, 5.74) is 0. The molecule has 0 aliphatic heterocycles. The highest BCUT2D eigenvalue weighted by Gasteiger charge is 1.78. The van der Waals surface area contributed by atoms with Gasteiger partial charge in [0.2, 0.25) is 0 Å². The molecule has 0 rings (SSSR count). The summed E-state index contributed by atoms with van der Waals surface area (Å²) >= 11 is 3.34.